The molecule has 0 aromatic carbocycles. The summed E-state index contributed by atoms with van der Waals surface area (Å²) in [6, 6.07) is 3.21. The smallest absolute Gasteiger partial charge is 0.255 e. The number of aromatic nitrogens is 2. The maximum absolute atomic E-state index is 11.9. The molecule has 4 N–H and O–H groups in total. The molecule has 0 spiro atoms. The average Bonchev–Trinajstić information content (AvgIpc) is 2.81. The van der Waals surface area contributed by atoms with Gasteiger partial charge in [-0.1, -0.05) is 5.16 Å². The number of carbonyl (C=O) groups is 1. The van der Waals surface area contributed by atoms with E-state index in [-0.39, 0.29) is 5.91 Å². The molecule has 0 unspecified atom stereocenters. The van der Waals surface area contributed by atoms with Crippen LogP contribution in [0.4, 0.5) is 11.5 Å². The van der Waals surface area contributed by atoms with Crippen molar-refractivity contribution in [1.29, 1.82) is 0 Å². The number of nitrogens with one attached hydrogen (secondary N) is 2. The number of nitrogens with two attached hydrogens (primary N) is 1. The maximum Gasteiger partial charge on any atom is 0.255 e. The fourth-order valence-electron chi connectivity index (χ4n) is 1.34. The van der Waals surface area contributed by atoms with Crippen molar-refractivity contribution in [3.63, 3.8) is 0 Å². The van der Waals surface area contributed by atoms with Crippen LogP contribution in [0.5, 0.6) is 0 Å². The summed E-state index contributed by atoms with van der Waals surface area (Å²) >= 11 is 0. The van der Waals surface area contributed by atoms with Crippen LogP contribution in [-0.2, 0) is 0 Å². The summed E-state index contributed by atoms with van der Waals surface area (Å²) in [6.45, 7) is 1.77. The van der Waals surface area contributed by atoms with Crippen LogP contribution < -0.4 is 16.6 Å². The van der Waals surface area contributed by atoms with Gasteiger partial charge in [-0.2, -0.15) is 0 Å². The molecule has 17 heavy (non-hydrogen) atoms. The standard InChI is InChI=1S/C10H11N5O2/c1-6-2-7(3-9(13-6)15-11)10(16)14-8-4-12-17-5-8/h2-5H,11H2,1H3,(H,13,15)(H,14,16). The van der Waals surface area contributed by atoms with Crippen LogP contribution in [-0.4, -0.2) is 16.0 Å². The molecular weight excluding hydrogens is 222 g/mol. The summed E-state index contributed by atoms with van der Waals surface area (Å²) in [7, 11) is 0. The number of nitrogens with zero attached hydrogens (tertiary/aromatic N) is 2. The zero-order valence-corrected chi connectivity index (χ0v) is 9.10. The van der Waals surface area contributed by atoms with Gasteiger partial charge < -0.3 is 15.3 Å². The first-order valence-electron chi connectivity index (χ1n) is 4.85. The van der Waals surface area contributed by atoms with Gasteiger partial charge in [0.25, 0.3) is 5.91 Å². The molecule has 2 rings (SSSR count). The lowest BCUT2D eigenvalue weighted by atomic mass is 10.2. The van der Waals surface area contributed by atoms with Crippen molar-refractivity contribution in [2.24, 2.45) is 5.84 Å². The molecule has 0 aliphatic heterocycles. The van der Waals surface area contributed by atoms with Crippen molar-refractivity contribution in [3.05, 3.63) is 35.9 Å². The first-order valence-corrected chi connectivity index (χ1v) is 4.85. The van der Waals surface area contributed by atoms with Gasteiger partial charge in [0.1, 0.15) is 17.8 Å². The molecule has 7 nitrogen and oxygen atoms in total. The average molecular weight is 233 g/mol. The Kier molecular flexibility index (Phi) is 3.01. The predicted molar refractivity (Wildman–Crippen MR) is 61.2 cm³/mol. The van der Waals surface area contributed by atoms with Crippen molar-refractivity contribution >= 4 is 17.4 Å². The molecular formula is C10H11N5O2. The van der Waals surface area contributed by atoms with Crippen LogP contribution in [0, 0.1) is 6.92 Å². The molecule has 0 saturated heterocycles. The number of rotatable bonds is 3. The highest BCUT2D eigenvalue weighted by atomic mass is 16.5. The van der Waals surface area contributed by atoms with Gasteiger partial charge in [-0.25, -0.2) is 10.8 Å². The van der Waals surface area contributed by atoms with E-state index in [4.69, 9.17) is 5.84 Å². The van der Waals surface area contributed by atoms with Crippen molar-refractivity contribution in [3.8, 4) is 0 Å². The number of amides is 1. The molecule has 7 heteroatoms. The van der Waals surface area contributed by atoms with Crippen molar-refractivity contribution < 1.29 is 9.32 Å². The topological polar surface area (TPSA) is 106 Å². The molecule has 88 valence electrons. The number of nitrogen functional groups attached to an aromatic ring is 1. The molecule has 1 amide bonds. The van der Waals surface area contributed by atoms with Gasteiger partial charge in [0.15, 0.2) is 0 Å². The molecule has 0 aliphatic rings. The monoisotopic (exact) mass is 233 g/mol. The minimum absolute atomic E-state index is 0.282. The minimum atomic E-state index is -0.282. The van der Waals surface area contributed by atoms with Gasteiger partial charge in [0.05, 0.1) is 6.20 Å². The first kappa shape index (κ1) is 11.1. The third kappa shape index (κ3) is 2.58. The zero-order chi connectivity index (χ0) is 12.3. The van der Waals surface area contributed by atoms with E-state index in [9.17, 15) is 4.79 Å². The Morgan fingerprint density at radius 2 is 2.29 bits per heavy atom. The van der Waals surface area contributed by atoms with E-state index in [1.807, 2.05) is 0 Å². The molecule has 0 atom stereocenters. The second-order valence-corrected chi connectivity index (χ2v) is 3.39. The van der Waals surface area contributed by atoms with Crippen LogP contribution in [0.15, 0.2) is 29.1 Å². The Hall–Kier alpha value is -2.41. The summed E-state index contributed by atoms with van der Waals surface area (Å²) in [5.74, 6) is 5.40. The number of pyridine rings is 1. The van der Waals surface area contributed by atoms with Crippen molar-refractivity contribution in [2.75, 3.05) is 10.7 Å². The maximum atomic E-state index is 11.9. The lowest BCUT2D eigenvalue weighted by Crippen LogP contribution is -2.14. The molecule has 0 aliphatic carbocycles. The molecule has 2 heterocycles. The lowest BCUT2D eigenvalue weighted by molar-refractivity contribution is 0.102. The van der Waals surface area contributed by atoms with E-state index in [0.717, 1.165) is 0 Å². The second kappa shape index (κ2) is 4.62. The van der Waals surface area contributed by atoms with E-state index in [1.165, 1.54) is 12.5 Å². The summed E-state index contributed by atoms with van der Waals surface area (Å²) in [4.78, 5) is 15.9. The van der Waals surface area contributed by atoms with Crippen LogP contribution in [0.1, 0.15) is 16.1 Å². The Bertz CT molecular complexity index is 523. The summed E-state index contributed by atoms with van der Waals surface area (Å²) < 4.78 is 4.61. The molecule has 2 aromatic rings. The number of aryl methyl sites for hydroxylation is 1. The fraction of sp³-hybridized carbons (Fsp3) is 0.100. The van der Waals surface area contributed by atoms with Gasteiger partial charge in [-0.3, -0.25) is 4.79 Å². The molecule has 0 bridgehead atoms. The Morgan fingerprint density at radius 3 is 2.94 bits per heavy atom. The van der Waals surface area contributed by atoms with Gasteiger partial charge in [0.2, 0.25) is 0 Å². The summed E-state index contributed by atoms with van der Waals surface area (Å²) in [5.41, 5.74) is 4.03. The van der Waals surface area contributed by atoms with Crippen LogP contribution >= 0.6 is 0 Å². The predicted octanol–water partition coefficient (Wildman–Crippen LogP) is 0.916. The van der Waals surface area contributed by atoms with E-state index >= 15 is 0 Å². The Labute approximate surface area is 97.0 Å². The fourth-order valence-corrected chi connectivity index (χ4v) is 1.34. The Morgan fingerprint density at radius 1 is 1.47 bits per heavy atom. The van der Waals surface area contributed by atoms with E-state index in [1.54, 1.807) is 19.1 Å². The highest BCUT2D eigenvalue weighted by Crippen LogP contribution is 2.12. The van der Waals surface area contributed by atoms with E-state index in [2.05, 4.69) is 25.4 Å². The molecule has 0 fully saturated rings. The quantitative estimate of drug-likeness (QED) is 0.537. The lowest BCUT2D eigenvalue weighted by Gasteiger charge is -2.05. The van der Waals surface area contributed by atoms with Gasteiger partial charge in [-0.15, -0.1) is 0 Å². The third-order valence-corrected chi connectivity index (χ3v) is 2.05. The van der Waals surface area contributed by atoms with E-state index < -0.39 is 0 Å². The minimum Gasteiger partial charge on any atom is -0.363 e. The number of hydrogen-bond acceptors (Lipinski definition) is 6. The number of hydrazine groups is 1. The first-order chi connectivity index (χ1) is 8.19. The molecule has 2 aromatic heterocycles. The largest absolute Gasteiger partial charge is 0.363 e. The highest BCUT2D eigenvalue weighted by molar-refractivity contribution is 6.04. The van der Waals surface area contributed by atoms with Crippen molar-refractivity contribution in [2.45, 2.75) is 6.92 Å². The third-order valence-electron chi connectivity index (χ3n) is 2.05. The second-order valence-electron chi connectivity index (χ2n) is 3.39. The number of anilines is 2. The summed E-state index contributed by atoms with van der Waals surface area (Å²) in [6.07, 6.45) is 2.75. The van der Waals surface area contributed by atoms with Gasteiger partial charge >= 0.3 is 0 Å². The van der Waals surface area contributed by atoms with Crippen molar-refractivity contribution in [1.82, 2.24) is 10.1 Å². The normalized spacial score (nSPS) is 10.0. The van der Waals surface area contributed by atoms with Gasteiger partial charge in [-0.05, 0) is 19.1 Å². The number of carbonyl (C=O) groups excluding carboxylic acids is 1. The highest BCUT2D eigenvalue weighted by Gasteiger charge is 2.09. The van der Waals surface area contributed by atoms with Crippen LogP contribution in [0.2, 0.25) is 0 Å². The Balaban J connectivity index is 2.21. The molecule has 0 radical (unpaired) electrons. The number of hydrogen-bond donors (Lipinski definition) is 3. The van der Waals surface area contributed by atoms with Crippen LogP contribution in [0.25, 0.3) is 0 Å². The van der Waals surface area contributed by atoms with Gasteiger partial charge in [0, 0.05) is 11.3 Å². The SMILES string of the molecule is Cc1cc(C(=O)Nc2cnoc2)cc(NN)n1. The molecule has 0 saturated carbocycles. The van der Waals surface area contributed by atoms with Crippen LogP contribution in [0.3, 0.4) is 0 Å². The van der Waals surface area contributed by atoms with E-state index in [0.29, 0.717) is 22.8 Å². The zero-order valence-electron chi connectivity index (χ0n) is 9.10. The summed E-state index contributed by atoms with van der Waals surface area (Å²) in [5, 5.41) is 6.11.